The van der Waals surface area contributed by atoms with E-state index in [1.165, 1.54) is 70.1 Å². The van der Waals surface area contributed by atoms with Crippen LogP contribution in [-0.2, 0) is 9.53 Å². The van der Waals surface area contributed by atoms with Gasteiger partial charge < -0.3 is 4.74 Å². The standard InChI is InChI=1S/C21H30O2/c1-3-4-5-6-17-7-12-19(13-8-17)20-14-9-18(10-15-20)11-16-21(22)23-2/h9-11,14-17,19H,3-8,12-13H2,1-2H3/b16-11+. The fourth-order valence-corrected chi connectivity index (χ4v) is 3.58. The maximum absolute atomic E-state index is 11.1. The molecule has 2 nitrogen and oxygen atoms in total. The fraction of sp³-hybridized carbons (Fsp3) is 0.571. The van der Waals surface area contributed by atoms with Gasteiger partial charge in [-0.15, -0.1) is 0 Å². The second kappa shape index (κ2) is 9.54. The van der Waals surface area contributed by atoms with Crippen LogP contribution in [0.2, 0.25) is 0 Å². The molecule has 0 spiro atoms. The Balaban J connectivity index is 1.82. The molecule has 1 aromatic rings. The van der Waals surface area contributed by atoms with Crippen molar-refractivity contribution in [2.24, 2.45) is 5.92 Å². The summed E-state index contributed by atoms with van der Waals surface area (Å²) in [6.45, 7) is 2.28. The number of methoxy groups -OCH3 is 1. The lowest BCUT2D eigenvalue weighted by molar-refractivity contribution is -0.134. The zero-order chi connectivity index (χ0) is 16.5. The van der Waals surface area contributed by atoms with Crippen molar-refractivity contribution in [2.75, 3.05) is 7.11 Å². The molecular formula is C21H30O2. The first-order chi connectivity index (χ1) is 11.2. The molecule has 2 heteroatoms. The van der Waals surface area contributed by atoms with Crippen molar-refractivity contribution in [3.63, 3.8) is 0 Å². The van der Waals surface area contributed by atoms with Crippen LogP contribution in [0.1, 0.15) is 75.3 Å². The Morgan fingerprint density at radius 2 is 1.83 bits per heavy atom. The lowest BCUT2D eigenvalue weighted by Gasteiger charge is -2.29. The third kappa shape index (κ3) is 5.85. The number of hydrogen-bond donors (Lipinski definition) is 0. The summed E-state index contributed by atoms with van der Waals surface area (Å²) >= 11 is 0. The smallest absolute Gasteiger partial charge is 0.330 e. The predicted octanol–water partition coefficient (Wildman–Crippen LogP) is 5.73. The zero-order valence-corrected chi connectivity index (χ0v) is 14.6. The van der Waals surface area contributed by atoms with E-state index in [0.717, 1.165) is 17.4 Å². The molecular weight excluding hydrogens is 284 g/mol. The summed E-state index contributed by atoms with van der Waals surface area (Å²) in [4.78, 5) is 11.1. The van der Waals surface area contributed by atoms with Crippen LogP contribution >= 0.6 is 0 Å². The molecule has 1 fully saturated rings. The average Bonchev–Trinajstić information content (AvgIpc) is 2.61. The lowest BCUT2D eigenvalue weighted by Crippen LogP contribution is -2.13. The van der Waals surface area contributed by atoms with Crippen LogP contribution in [0.25, 0.3) is 6.08 Å². The highest BCUT2D eigenvalue weighted by molar-refractivity contribution is 5.86. The predicted molar refractivity (Wildman–Crippen MR) is 96.3 cm³/mol. The molecule has 0 N–H and O–H groups in total. The molecule has 0 aliphatic heterocycles. The summed E-state index contributed by atoms with van der Waals surface area (Å²) in [7, 11) is 1.40. The van der Waals surface area contributed by atoms with Crippen molar-refractivity contribution in [3.05, 3.63) is 41.5 Å². The van der Waals surface area contributed by atoms with Crippen molar-refractivity contribution < 1.29 is 9.53 Å². The van der Waals surface area contributed by atoms with Crippen LogP contribution in [0, 0.1) is 5.92 Å². The van der Waals surface area contributed by atoms with Gasteiger partial charge in [0.2, 0.25) is 0 Å². The highest BCUT2D eigenvalue weighted by atomic mass is 16.5. The molecule has 0 aromatic heterocycles. The molecule has 23 heavy (non-hydrogen) atoms. The Labute approximate surface area is 140 Å². The van der Waals surface area contributed by atoms with E-state index in [-0.39, 0.29) is 5.97 Å². The number of rotatable bonds is 7. The van der Waals surface area contributed by atoms with Gasteiger partial charge in [-0.1, -0.05) is 56.9 Å². The van der Waals surface area contributed by atoms with Crippen LogP contribution in [0.3, 0.4) is 0 Å². The number of carbonyl (C=O) groups is 1. The molecule has 0 heterocycles. The number of hydrogen-bond acceptors (Lipinski definition) is 2. The van der Waals surface area contributed by atoms with Crippen molar-refractivity contribution in [3.8, 4) is 0 Å². The molecule has 1 saturated carbocycles. The monoisotopic (exact) mass is 314 g/mol. The van der Waals surface area contributed by atoms with Crippen molar-refractivity contribution in [1.29, 1.82) is 0 Å². The van der Waals surface area contributed by atoms with E-state index in [1.54, 1.807) is 6.08 Å². The highest BCUT2D eigenvalue weighted by Crippen LogP contribution is 2.37. The van der Waals surface area contributed by atoms with E-state index in [4.69, 9.17) is 0 Å². The maximum Gasteiger partial charge on any atom is 0.330 e. The van der Waals surface area contributed by atoms with Gasteiger partial charge in [0.1, 0.15) is 0 Å². The van der Waals surface area contributed by atoms with Gasteiger partial charge in [-0.2, -0.15) is 0 Å². The zero-order valence-electron chi connectivity index (χ0n) is 14.6. The SMILES string of the molecule is CCCCCC1CCC(c2ccc(/C=C/C(=O)OC)cc2)CC1. The summed E-state index contributed by atoms with van der Waals surface area (Å²) < 4.78 is 4.61. The number of ether oxygens (including phenoxy) is 1. The lowest BCUT2D eigenvalue weighted by atomic mass is 9.77. The first-order valence-corrected chi connectivity index (χ1v) is 9.09. The molecule has 0 radical (unpaired) electrons. The third-order valence-corrected chi connectivity index (χ3v) is 5.08. The number of esters is 1. The van der Waals surface area contributed by atoms with Crippen LogP contribution in [-0.4, -0.2) is 13.1 Å². The van der Waals surface area contributed by atoms with Gasteiger partial charge in [0.05, 0.1) is 7.11 Å². The van der Waals surface area contributed by atoms with Crippen LogP contribution in [0.4, 0.5) is 0 Å². The number of unbranched alkanes of at least 4 members (excludes halogenated alkanes) is 2. The fourth-order valence-electron chi connectivity index (χ4n) is 3.58. The van der Waals surface area contributed by atoms with Crippen molar-refractivity contribution in [1.82, 2.24) is 0 Å². The van der Waals surface area contributed by atoms with Gasteiger partial charge in [0.15, 0.2) is 0 Å². The largest absolute Gasteiger partial charge is 0.466 e. The summed E-state index contributed by atoms with van der Waals surface area (Å²) in [5.41, 5.74) is 2.50. The van der Waals surface area contributed by atoms with E-state index >= 15 is 0 Å². The van der Waals surface area contributed by atoms with Gasteiger partial charge in [-0.25, -0.2) is 4.79 Å². The Morgan fingerprint density at radius 3 is 2.43 bits per heavy atom. The Bertz CT molecular complexity index is 493. The van der Waals surface area contributed by atoms with Crippen molar-refractivity contribution in [2.45, 2.75) is 64.2 Å². The third-order valence-electron chi connectivity index (χ3n) is 5.08. The Kier molecular flexibility index (Phi) is 7.38. The van der Waals surface area contributed by atoms with Gasteiger partial charge in [0, 0.05) is 6.08 Å². The van der Waals surface area contributed by atoms with Gasteiger partial charge in [-0.3, -0.25) is 0 Å². The molecule has 1 aliphatic rings. The minimum atomic E-state index is -0.310. The maximum atomic E-state index is 11.1. The summed E-state index contributed by atoms with van der Waals surface area (Å²) in [5, 5.41) is 0. The van der Waals surface area contributed by atoms with E-state index in [1.807, 2.05) is 0 Å². The summed E-state index contributed by atoms with van der Waals surface area (Å²) in [5.74, 6) is 1.37. The normalized spacial score (nSPS) is 21.5. The number of carbonyl (C=O) groups excluding carboxylic acids is 1. The van der Waals surface area contributed by atoms with Gasteiger partial charge >= 0.3 is 5.97 Å². The molecule has 0 amide bonds. The minimum absolute atomic E-state index is 0.310. The molecule has 1 aliphatic carbocycles. The molecule has 0 unspecified atom stereocenters. The highest BCUT2D eigenvalue weighted by Gasteiger charge is 2.21. The first kappa shape index (κ1) is 17.8. The Hall–Kier alpha value is -1.57. The van der Waals surface area contributed by atoms with Crippen molar-refractivity contribution >= 4 is 12.0 Å². The number of benzene rings is 1. The second-order valence-electron chi connectivity index (χ2n) is 6.74. The first-order valence-electron chi connectivity index (χ1n) is 9.09. The van der Waals surface area contributed by atoms with E-state index < -0.39 is 0 Å². The van der Waals surface area contributed by atoms with E-state index in [2.05, 4.69) is 35.9 Å². The van der Waals surface area contributed by atoms with Crippen LogP contribution < -0.4 is 0 Å². The molecule has 0 bridgehead atoms. The van der Waals surface area contributed by atoms with Gasteiger partial charge in [0.25, 0.3) is 0 Å². The minimum Gasteiger partial charge on any atom is -0.466 e. The molecule has 0 saturated heterocycles. The Morgan fingerprint density at radius 1 is 1.13 bits per heavy atom. The molecule has 126 valence electrons. The second-order valence-corrected chi connectivity index (χ2v) is 6.74. The van der Waals surface area contributed by atoms with E-state index in [0.29, 0.717) is 0 Å². The average molecular weight is 314 g/mol. The van der Waals surface area contributed by atoms with Crippen LogP contribution in [0.15, 0.2) is 30.3 Å². The molecule has 1 aromatic carbocycles. The van der Waals surface area contributed by atoms with E-state index in [9.17, 15) is 4.79 Å². The van der Waals surface area contributed by atoms with Crippen LogP contribution in [0.5, 0.6) is 0 Å². The quantitative estimate of drug-likeness (QED) is 0.365. The topological polar surface area (TPSA) is 26.3 Å². The van der Waals surface area contributed by atoms with Gasteiger partial charge in [-0.05, 0) is 54.7 Å². The molecule has 2 rings (SSSR count). The summed E-state index contributed by atoms with van der Waals surface area (Å²) in [6.07, 6.45) is 14.3. The molecule has 0 atom stereocenters. The summed E-state index contributed by atoms with van der Waals surface area (Å²) in [6, 6.07) is 8.64.